The minimum absolute atomic E-state index is 0.922. The van der Waals surface area contributed by atoms with Crippen LogP contribution in [0.5, 0.6) is 5.75 Å². The fourth-order valence-corrected chi connectivity index (χ4v) is 6.87. The number of hydrogen-bond acceptors (Lipinski definition) is 2. The number of methoxy groups -OCH3 is 1. The minimum Gasteiger partial charge on any atom is -0.497 e. The zero-order valence-electron chi connectivity index (χ0n) is 10.2. The lowest BCUT2D eigenvalue weighted by molar-refractivity contribution is 0.415. The zero-order chi connectivity index (χ0) is 12.5. The molecule has 2 rings (SSSR count). The summed E-state index contributed by atoms with van der Waals surface area (Å²) < 4.78 is 7.91. The molecule has 0 unspecified atom stereocenters. The average molecular weight is 327 g/mol. The maximum atomic E-state index is 5.20. The van der Waals surface area contributed by atoms with Crippen LogP contribution in [0.3, 0.4) is 0 Å². The monoisotopic (exact) mass is 326 g/mol. The first-order chi connectivity index (χ1) is 8.04. The van der Waals surface area contributed by atoms with Gasteiger partial charge in [0, 0.05) is 0 Å². The van der Waals surface area contributed by atoms with Gasteiger partial charge >= 0.3 is 0 Å². The Bertz CT molecular complexity index is 504. The Labute approximate surface area is 116 Å². The van der Waals surface area contributed by atoms with Crippen LogP contribution in [-0.4, -0.2) is 15.2 Å². The van der Waals surface area contributed by atoms with E-state index in [0.717, 1.165) is 5.75 Å². The molecule has 1 aromatic heterocycles. The van der Waals surface area contributed by atoms with E-state index in [-0.39, 0.29) is 0 Å². The summed E-state index contributed by atoms with van der Waals surface area (Å²) in [6, 6.07) is 12.9. The normalized spacial score (nSPS) is 11.5. The number of halogens is 1. The van der Waals surface area contributed by atoms with E-state index in [4.69, 9.17) is 4.74 Å². The highest BCUT2D eigenvalue weighted by Crippen LogP contribution is 2.19. The molecule has 0 amide bonds. The van der Waals surface area contributed by atoms with Gasteiger partial charge in [0.15, 0.2) is 0 Å². The summed E-state index contributed by atoms with van der Waals surface area (Å²) in [5.41, 5.74) is 0. The Balaban J connectivity index is 2.36. The summed E-state index contributed by atoms with van der Waals surface area (Å²) in [5.74, 6) is 0.922. The third kappa shape index (κ3) is 2.64. The lowest BCUT2D eigenvalue weighted by Crippen LogP contribution is -2.51. The van der Waals surface area contributed by atoms with E-state index in [9.17, 15) is 0 Å². The molecule has 2 aromatic rings. The van der Waals surface area contributed by atoms with Crippen molar-refractivity contribution in [3.8, 4) is 5.75 Å². The first kappa shape index (κ1) is 12.9. The Kier molecular flexibility index (Phi) is 3.75. The number of benzene rings is 1. The summed E-state index contributed by atoms with van der Waals surface area (Å²) in [5, 5.41) is 1.44. The van der Waals surface area contributed by atoms with Crippen molar-refractivity contribution in [2.75, 3.05) is 7.11 Å². The van der Waals surface area contributed by atoms with Gasteiger partial charge in [0.2, 0.25) is 0 Å². The Hall–Kier alpha value is -0.583. The number of ether oxygens (including phenoxy) is 1. The van der Waals surface area contributed by atoms with Crippen molar-refractivity contribution in [2.45, 2.75) is 13.1 Å². The predicted octanol–water partition coefficient (Wildman–Crippen LogP) is 3.34. The lowest BCUT2D eigenvalue weighted by Gasteiger charge is -2.21. The van der Waals surface area contributed by atoms with Crippen molar-refractivity contribution in [1.29, 1.82) is 0 Å². The summed E-state index contributed by atoms with van der Waals surface area (Å²) in [7, 11) is 0.165. The molecule has 0 atom stereocenters. The van der Waals surface area contributed by atoms with Gasteiger partial charge in [-0.25, -0.2) is 0 Å². The van der Waals surface area contributed by atoms with Crippen molar-refractivity contribution in [3.63, 3.8) is 0 Å². The average Bonchev–Trinajstić information content (AvgIpc) is 2.77. The molecule has 0 aliphatic carbocycles. The molecular formula is C13H15BrOSSi. The molecule has 0 aliphatic heterocycles. The van der Waals surface area contributed by atoms with E-state index in [0.29, 0.717) is 0 Å². The van der Waals surface area contributed by atoms with E-state index < -0.39 is 8.07 Å². The maximum absolute atomic E-state index is 5.20. The number of hydrogen-bond donors (Lipinski definition) is 0. The zero-order valence-corrected chi connectivity index (χ0v) is 13.6. The second kappa shape index (κ2) is 4.96. The lowest BCUT2D eigenvalue weighted by atomic mass is 10.3. The molecule has 0 saturated carbocycles. The van der Waals surface area contributed by atoms with Gasteiger partial charge in [0.05, 0.1) is 10.9 Å². The van der Waals surface area contributed by atoms with Crippen LogP contribution in [-0.2, 0) is 0 Å². The molecule has 0 radical (unpaired) electrons. The molecule has 0 bridgehead atoms. The summed E-state index contributed by atoms with van der Waals surface area (Å²) in [6.07, 6.45) is 0. The highest BCUT2D eigenvalue weighted by Gasteiger charge is 2.27. The highest BCUT2D eigenvalue weighted by molar-refractivity contribution is 9.11. The van der Waals surface area contributed by atoms with Gasteiger partial charge in [-0.2, -0.15) is 0 Å². The standard InChI is InChI=1S/C13H15BrOSSi/c1-15-10-4-6-11(7-5-10)17(2,3)13-9-8-12(14)16-13/h4-9H,1-3H3. The molecule has 0 spiro atoms. The van der Waals surface area contributed by atoms with Crippen molar-refractivity contribution in [2.24, 2.45) is 0 Å². The van der Waals surface area contributed by atoms with Crippen molar-refractivity contribution >= 4 is 45.0 Å². The molecule has 17 heavy (non-hydrogen) atoms. The van der Waals surface area contributed by atoms with Crippen LogP contribution >= 0.6 is 27.3 Å². The van der Waals surface area contributed by atoms with Gasteiger partial charge in [-0.05, 0) is 38.6 Å². The van der Waals surface area contributed by atoms with Crippen molar-refractivity contribution in [1.82, 2.24) is 0 Å². The van der Waals surface area contributed by atoms with E-state index in [2.05, 4.69) is 53.3 Å². The van der Waals surface area contributed by atoms with E-state index in [1.54, 1.807) is 7.11 Å². The largest absolute Gasteiger partial charge is 0.497 e. The molecule has 0 N–H and O–H groups in total. The Morgan fingerprint density at radius 2 is 1.71 bits per heavy atom. The van der Waals surface area contributed by atoms with Crippen LogP contribution in [0, 0.1) is 0 Å². The van der Waals surface area contributed by atoms with E-state index in [1.165, 1.54) is 13.5 Å². The molecule has 90 valence electrons. The molecule has 0 aliphatic rings. The van der Waals surface area contributed by atoms with Crippen LogP contribution < -0.4 is 14.4 Å². The molecule has 1 aromatic carbocycles. The first-order valence-corrected chi connectivity index (χ1v) is 10.1. The van der Waals surface area contributed by atoms with Gasteiger partial charge < -0.3 is 4.74 Å². The third-order valence-electron chi connectivity index (χ3n) is 3.00. The van der Waals surface area contributed by atoms with Crippen LogP contribution in [0.25, 0.3) is 0 Å². The predicted molar refractivity (Wildman–Crippen MR) is 81.8 cm³/mol. The second-order valence-electron chi connectivity index (χ2n) is 4.46. The number of thiophene rings is 1. The summed E-state index contributed by atoms with van der Waals surface area (Å²) >= 11 is 5.39. The smallest absolute Gasteiger partial charge is 0.124 e. The molecule has 0 fully saturated rings. The quantitative estimate of drug-likeness (QED) is 0.786. The molecule has 1 heterocycles. The summed E-state index contributed by atoms with van der Waals surface area (Å²) in [4.78, 5) is 0. The first-order valence-electron chi connectivity index (χ1n) is 5.44. The maximum Gasteiger partial charge on any atom is 0.124 e. The Morgan fingerprint density at radius 3 is 2.18 bits per heavy atom. The van der Waals surface area contributed by atoms with Gasteiger partial charge in [-0.15, -0.1) is 11.3 Å². The van der Waals surface area contributed by atoms with E-state index in [1.807, 2.05) is 23.5 Å². The molecule has 0 saturated heterocycles. The minimum atomic E-state index is -1.54. The topological polar surface area (TPSA) is 9.23 Å². The van der Waals surface area contributed by atoms with Crippen LogP contribution in [0.1, 0.15) is 0 Å². The van der Waals surface area contributed by atoms with Crippen LogP contribution in [0.2, 0.25) is 13.1 Å². The number of rotatable bonds is 3. The highest BCUT2D eigenvalue weighted by atomic mass is 79.9. The van der Waals surface area contributed by atoms with Crippen LogP contribution in [0.15, 0.2) is 40.2 Å². The van der Waals surface area contributed by atoms with Gasteiger partial charge in [0.25, 0.3) is 0 Å². The molecule has 1 nitrogen and oxygen atoms in total. The summed E-state index contributed by atoms with van der Waals surface area (Å²) in [6.45, 7) is 4.76. The second-order valence-corrected chi connectivity index (χ2v) is 11.6. The van der Waals surface area contributed by atoms with Crippen LogP contribution in [0.4, 0.5) is 0 Å². The van der Waals surface area contributed by atoms with Gasteiger partial charge in [-0.3, -0.25) is 0 Å². The third-order valence-corrected chi connectivity index (χ3v) is 9.45. The fourth-order valence-electron chi connectivity index (χ4n) is 1.80. The van der Waals surface area contributed by atoms with Gasteiger partial charge in [0.1, 0.15) is 13.8 Å². The molecule has 4 heteroatoms. The SMILES string of the molecule is COc1ccc([Si](C)(C)c2ccc(Br)s2)cc1. The Morgan fingerprint density at radius 1 is 1.06 bits per heavy atom. The van der Waals surface area contributed by atoms with Crippen molar-refractivity contribution in [3.05, 3.63) is 40.2 Å². The van der Waals surface area contributed by atoms with E-state index >= 15 is 0 Å². The molecular weight excluding hydrogens is 312 g/mol. The van der Waals surface area contributed by atoms with Gasteiger partial charge in [-0.1, -0.05) is 36.5 Å². The van der Waals surface area contributed by atoms with Crippen molar-refractivity contribution < 1.29 is 4.74 Å². The fraction of sp³-hybridized carbons (Fsp3) is 0.231.